The van der Waals surface area contributed by atoms with Crippen molar-refractivity contribution in [2.24, 2.45) is 5.92 Å². The number of amides is 1. The van der Waals surface area contributed by atoms with Crippen LogP contribution in [0.3, 0.4) is 0 Å². The van der Waals surface area contributed by atoms with Crippen molar-refractivity contribution in [3.8, 4) is 23.0 Å². The molecule has 0 bridgehead atoms. The Morgan fingerprint density at radius 2 is 1.87 bits per heavy atom. The van der Waals surface area contributed by atoms with Crippen LogP contribution in [0, 0.1) is 12.8 Å². The molecule has 31 heavy (non-hydrogen) atoms. The Hall–Kier alpha value is -3.35. The standard InChI is InChI=1S/C24H27N5O2/c1-4-17(5-2)24(30)29-13-11-18(12-14-29)20-15-25-16(3)21(26-20)23-28-27-22(31-23)19-9-7-6-8-10-19/h6-11,15,17H,4-5,12-14H2,1-3H3. The molecule has 1 aromatic carbocycles. The molecule has 0 fully saturated rings. The fourth-order valence-electron chi connectivity index (χ4n) is 3.82. The average molecular weight is 418 g/mol. The summed E-state index contributed by atoms with van der Waals surface area (Å²) in [5.41, 5.74) is 4.05. The van der Waals surface area contributed by atoms with Crippen molar-refractivity contribution in [3.05, 3.63) is 54.0 Å². The number of rotatable bonds is 6. The Balaban J connectivity index is 1.55. The highest BCUT2D eigenvalue weighted by molar-refractivity contribution is 5.80. The predicted octanol–water partition coefficient (Wildman–Crippen LogP) is 4.55. The van der Waals surface area contributed by atoms with Crippen LogP contribution in [0.1, 0.15) is 44.5 Å². The summed E-state index contributed by atoms with van der Waals surface area (Å²) in [5, 5.41) is 8.36. The van der Waals surface area contributed by atoms with E-state index >= 15 is 0 Å². The van der Waals surface area contributed by atoms with Gasteiger partial charge in [-0.1, -0.05) is 38.1 Å². The number of nitrogens with zero attached hydrogens (tertiary/aromatic N) is 5. The second kappa shape index (κ2) is 9.20. The van der Waals surface area contributed by atoms with Gasteiger partial charge in [-0.05, 0) is 43.9 Å². The predicted molar refractivity (Wildman–Crippen MR) is 119 cm³/mol. The molecule has 0 unspecified atom stereocenters. The first kappa shape index (κ1) is 20.9. The maximum Gasteiger partial charge on any atom is 0.268 e. The lowest BCUT2D eigenvalue weighted by Gasteiger charge is -2.29. The van der Waals surface area contributed by atoms with Crippen molar-refractivity contribution in [2.45, 2.75) is 40.0 Å². The molecule has 0 N–H and O–H groups in total. The monoisotopic (exact) mass is 417 g/mol. The first-order chi connectivity index (χ1) is 15.1. The average Bonchev–Trinajstić information content (AvgIpc) is 3.31. The Kier molecular flexibility index (Phi) is 6.21. The molecule has 0 atom stereocenters. The van der Waals surface area contributed by atoms with Gasteiger partial charge in [0, 0.05) is 24.6 Å². The summed E-state index contributed by atoms with van der Waals surface area (Å²) in [7, 11) is 0. The van der Waals surface area contributed by atoms with E-state index in [-0.39, 0.29) is 11.8 Å². The highest BCUT2D eigenvalue weighted by Gasteiger charge is 2.24. The van der Waals surface area contributed by atoms with Crippen LogP contribution in [0.25, 0.3) is 28.6 Å². The van der Waals surface area contributed by atoms with Gasteiger partial charge in [-0.2, -0.15) is 0 Å². The molecule has 1 amide bonds. The lowest BCUT2D eigenvalue weighted by Crippen LogP contribution is -2.38. The van der Waals surface area contributed by atoms with E-state index in [9.17, 15) is 4.79 Å². The molecule has 0 saturated carbocycles. The lowest BCUT2D eigenvalue weighted by atomic mass is 9.99. The van der Waals surface area contributed by atoms with E-state index < -0.39 is 0 Å². The zero-order chi connectivity index (χ0) is 21.8. The summed E-state index contributed by atoms with van der Waals surface area (Å²) in [4.78, 5) is 23.9. The summed E-state index contributed by atoms with van der Waals surface area (Å²) in [6, 6.07) is 9.65. The van der Waals surface area contributed by atoms with Gasteiger partial charge in [0.05, 0.1) is 17.6 Å². The van der Waals surface area contributed by atoms with E-state index in [2.05, 4.69) is 35.1 Å². The Morgan fingerprint density at radius 3 is 2.55 bits per heavy atom. The van der Waals surface area contributed by atoms with E-state index in [4.69, 9.17) is 9.40 Å². The molecule has 0 saturated heterocycles. The van der Waals surface area contributed by atoms with Gasteiger partial charge in [-0.25, -0.2) is 4.98 Å². The molecule has 1 aliphatic heterocycles. The highest BCUT2D eigenvalue weighted by atomic mass is 16.4. The smallest absolute Gasteiger partial charge is 0.268 e. The van der Waals surface area contributed by atoms with Crippen LogP contribution in [-0.4, -0.2) is 44.1 Å². The minimum absolute atomic E-state index is 0.108. The van der Waals surface area contributed by atoms with Crippen molar-refractivity contribution in [3.63, 3.8) is 0 Å². The van der Waals surface area contributed by atoms with E-state index in [1.165, 1.54) is 0 Å². The topological polar surface area (TPSA) is 85.0 Å². The van der Waals surface area contributed by atoms with E-state index in [0.717, 1.165) is 41.8 Å². The number of aryl methyl sites for hydroxylation is 1. The van der Waals surface area contributed by atoms with E-state index in [0.29, 0.717) is 30.6 Å². The third kappa shape index (κ3) is 4.40. The third-order valence-corrected chi connectivity index (χ3v) is 5.79. The zero-order valence-corrected chi connectivity index (χ0v) is 18.2. The van der Waals surface area contributed by atoms with Crippen LogP contribution in [0.2, 0.25) is 0 Å². The second-order valence-corrected chi connectivity index (χ2v) is 7.74. The molecular formula is C24H27N5O2. The summed E-state index contributed by atoms with van der Waals surface area (Å²) in [5.74, 6) is 1.16. The molecule has 7 nitrogen and oxygen atoms in total. The Bertz CT molecular complexity index is 1090. The van der Waals surface area contributed by atoms with Gasteiger partial charge in [-0.15, -0.1) is 10.2 Å². The van der Waals surface area contributed by atoms with Crippen molar-refractivity contribution < 1.29 is 9.21 Å². The number of carbonyl (C=O) groups excluding carboxylic acids is 1. The van der Waals surface area contributed by atoms with Gasteiger partial charge in [-0.3, -0.25) is 9.78 Å². The minimum Gasteiger partial charge on any atom is -0.415 e. The number of carbonyl (C=O) groups is 1. The van der Waals surface area contributed by atoms with Gasteiger partial charge in [0.1, 0.15) is 5.69 Å². The van der Waals surface area contributed by atoms with E-state index in [1.54, 1.807) is 6.20 Å². The van der Waals surface area contributed by atoms with Gasteiger partial charge in [0.15, 0.2) is 0 Å². The first-order valence-corrected chi connectivity index (χ1v) is 10.8. The molecular weight excluding hydrogens is 390 g/mol. The molecule has 1 aliphatic rings. The van der Waals surface area contributed by atoms with Crippen LogP contribution in [0.4, 0.5) is 0 Å². The zero-order valence-electron chi connectivity index (χ0n) is 18.2. The van der Waals surface area contributed by atoms with Crippen molar-refractivity contribution in [1.29, 1.82) is 0 Å². The molecule has 0 radical (unpaired) electrons. The molecule has 0 spiro atoms. The summed E-state index contributed by atoms with van der Waals surface area (Å²) in [6.07, 6.45) is 6.37. The SMILES string of the molecule is CCC(CC)C(=O)N1CC=C(c2cnc(C)c(-c3nnc(-c4ccccc4)o3)n2)CC1. The van der Waals surface area contributed by atoms with Crippen molar-refractivity contribution in [1.82, 2.24) is 25.1 Å². The van der Waals surface area contributed by atoms with Crippen molar-refractivity contribution in [2.75, 3.05) is 13.1 Å². The summed E-state index contributed by atoms with van der Waals surface area (Å²) >= 11 is 0. The van der Waals surface area contributed by atoms with Crippen LogP contribution in [-0.2, 0) is 4.79 Å². The van der Waals surface area contributed by atoms with Gasteiger partial charge < -0.3 is 9.32 Å². The normalized spacial score (nSPS) is 14.1. The molecule has 4 rings (SSSR count). The quantitative estimate of drug-likeness (QED) is 0.585. The number of aromatic nitrogens is 4. The van der Waals surface area contributed by atoms with Crippen molar-refractivity contribution >= 4 is 11.5 Å². The summed E-state index contributed by atoms with van der Waals surface area (Å²) in [6.45, 7) is 7.33. The lowest BCUT2D eigenvalue weighted by molar-refractivity contribution is -0.135. The maximum absolute atomic E-state index is 12.6. The number of benzene rings is 1. The largest absolute Gasteiger partial charge is 0.415 e. The Labute approximate surface area is 182 Å². The molecule has 2 aromatic heterocycles. The summed E-state index contributed by atoms with van der Waals surface area (Å²) < 4.78 is 5.88. The van der Waals surface area contributed by atoms with Crippen LogP contribution in [0.15, 0.2) is 47.0 Å². The molecule has 3 heterocycles. The minimum atomic E-state index is 0.108. The van der Waals surface area contributed by atoms with Crippen LogP contribution in [0.5, 0.6) is 0 Å². The molecule has 7 heteroatoms. The highest BCUT2D eigenvalue weighted by Crippen LogP contribution is 2.27. The first-order valence-electron chi connectivity index (χ1n) is 10.8. The molecule has 3 aromatic rings. The van der Waals surface area contributed by atoms with Gasteiger partial charge in [0.25, 0.3) is 5.89 Å². The third-order valence-electron chi connectivity index (χ3n) is 5.79. The number of hydrogen-bond acceptors (Lipinski definition) is 6. The van der Waals surface area contributed by atoms with Gasteiger partial charge >= 0.3 is 0 Å². The second-order valence-electron chi connectivity index (χ2n) is 7.74. The van der Waals surface area contributed by atoms with Gasteiger partial charge in [0.2, 0.25) is 11.8 Å². The van der Waals surface area contributed by atoms with Crippen LogP contribution >= 0.6 is 0 Å². The Morgan fingerprint density at radius 1 is 1.13 bits per heavy atom. The van der Waals surface area contributed by atoms with Crippen LogP contribution < -0.4 is 0 Å². The van der Waals surface area contributed by atoms with E-state index in [1.807, 2.05) is 42.2 Å². The molecule has 0 aliphatic carbocycles. The maximum atomic E-state index is 12.6. The number of hydrogen-bond donors (Lipinski definition) is 0. The molecule has 160 valence electrons. The fourth-order valence-corrected chi connectivity index (χ4v) is 3.82. The fraction of sp³-hybridized carbons (Fsp3) is 0.375.